The van der Waals surface area contributed by atoms with Crippen LogP contribution in [0.2, 0.25) is 0 Å². The molecule has 0 bridgehead atoms. The number of unbranched alkanes of at least 4 members (excludes halogenated alkanes) is 3. The van der Waals surface area contributed by atoms with Gasteiger partial charge in [0.15, 0.2) is 0 Å². The van der Waals surface area contributed by atoms with E-state index in [-0.39, 0.29) is 0 Å². The third-order valence-corrected chi connectivity index (χ3v) is 2.40. The van der Waals surface area contributed by atoms with E-state index in [0.717, 1.165) is 5.33 Å². The van der Waals surface area contributed by atoms with Crippen LogP contribution in [0.4, 0.5) is 0 Å². The molecule has 0 saturated carbocycles. The molecule has 0 aliphatic carbocycles. The van der Waals surface area contributed by atoms with Crippen LogP contribution in [0.15, 0.2) is 11.6 Å². The fraction of sp³-hybridized carbons (Fsp3) is 0.778. The predicted octanol–water partition coefficient (Wildman–Crippen LogP) is 3.91. The molecule has 0 N–H and O–H groups in total. The highest BCUT2D eigenvalue weighted by molar-refractivity contribution is 9.09. The zero-order valence-corrected chi connectivity index (χ0v) is 8.58. The lowest BCUT2D eigenvalue weighted by Gasteiger charge is -1.94. The highest BCUT2D eigenvalue weighted by Gasteiger charge is 1.85. The SMILES string of the molecule is CCCCC/C=C(\C)CBr. The first-order valence-corrected chi connectivity index (χ1v) is 5.15. The van der Waals surface area contributed by atoms with Crippen molar-refractivity contribution in [3.05, 3.63) is 11.6 Å². The van der Waals surface area contributed by atoms with E-state index >= 15 is 0 Å². The van der Waals surface area contributed by atoms with Gasteiger partial charge in [0.25, 0.3) is 0 Å². The Labute approximate surface area is 72.8 Å². The lowest BCUT2D eigenvalue weighted by Crippen LogP contribution is -1.77. The lowest BCUT2D eigenvalue weighted by molar-refractivity contribution is 0.727. The van der Waals surface area contributed by atoms with Crippen LogP contribution in [0.5, 0.6) is 0 Å². The van der Waals surface area contributed by atoms with Gasteiger partial charge in [-0.05, 0) is 19.8 Å². The van der Waals surface area contributed by atoms with Gasteiger partial charge in [0.2, 0.25) is 0 Å². The summed E-state index contributed by atoms with van der Waals surface area (Å²) in [5, 5.41) is 1.03. The first-order chi connectivity index (χ1) is 4.81. The van der Waals surface area contributed by atoms with Gasteiger partial charge in [-0.1, -0.05) is 47.3 Å². The van der Waals surface area contributed by atoms with Gasteiger partial charge in [-0.2, -0.15) is 0 Å². The molecule has 10 heavy (non-hydrogen) atoms. The molecule has 60 valence electrons. The third-order valence-electron chi connectivity index (χ3n) is 1.51. The van der Waals surface area contributed by atoms with Crippen LogP contribution in [-0.4, -0.2) is 5.33 Å². The minimum absolute atomic E-state index is 1.03. The van der Waals surface area contributed by atoms with Crippen LogP contribution in [0.25, 0.3) is 0 Å². The maximum absolute atomic E-state index is 3.42. The van der Waals surface area contributed by atoms with Gasteiger partial charge in [-0.25, -0.2) is 0 Å². The van der Waals surface area contributed by atoms with Gasteiger partial charge in [0.05, 0.1) is 0 Å². The zero-order valence-electron chi connectivity index (χ0n) is 6.99. The lowest BCUT2D eigenvalue weighted by atomic mass is 10.2. The molecule has 0 saturated heterocycles. The second kappa shape index (κ2) is 7.33. The summed E-state index contributed by atoms with van der Waals surface area (Å²) in [6.07, 6.45) is 7.61. The van der Waals surface area contributed by atoms with Gasteiger partial charge in [-0.3, -0.25) is 0 Å². The van der Waals surface area contributed by atoms with Gasteiger partial charge in [-0.15, -0.1) is 0 Å². The number of allylic oxidation sites excluding steroid dienone is 2. The van der Waals surface area contributed by atoms with Crippen molar-refractivity contribution in [3.63, 3.8) is 0 Å². The van der Waals surface area contributed by atoms with Crippen molar-refractivity contribution in [1.29, 1.82) is 0 Å². The Morgan fingerprint density at radius 2 is 2.10 bits per heavy atom. The molecule has 0 aromatic rings. The maximum atomic E-state index is 3.42. The van der Waals surface area contributed by atoms with E-state index in [2.05, 4.69) is 35.9 Å². The quantitative estimate of drug-likeness (QED) is 0.362. The van der Waals surface area contributed by atoms with E-state index in [9.17, 15) is 0 Å². The van der Waals surface area contributed by atoms with Crippen LogP contribution in [0, 0.1) is 0 Å². The summed E-state index contributed by atoms with van der Waals surface area (Å²) in [4.78, 5) is 0. The Bertz CT molecular complexity index is 94.9. The van der Waals surface area contributed by atoms with Crippen molar-refractivity contribution in [2.24, 2.45) is 0 Å². The molecule has 0 unspecified atom stereocenters. The molecule has 0 aromatic heterocycles. The van der Waals surface area contributed by atoms with Crippen LogP contribution in [0.1, 0.15) is 39.5 Å². The third kappa shape index (κ3) is 6.34. The van der Waals surface area contributed by atoms with Gasteiger partial charge >= 0.3 is 0 Å². The highest BCUT2D eigenvalue weighted by Crippen LogP contribution is 2.04. The molecule has 0 aromatic carbocycles. The summed E-state index contributed by atoms with van der Waals surface area (Å²) in [5.74, 6) is 0. The number of hydrogen-bond donors (Lipinski definition) is 0. The normalized spacial score (nSPS) is 12.1. The van der Waals surface area contributed by atoms with Crippen molar-refractivity contribution in [1.82, 2.24) is 0 Å². The van der Waals surface area contributed by atoms with E-state index in [1.54, 1.807) is 0 Å². The van der Waals surface area contributed by atoms with E-state index in [4.69, 9.17) is 0 Å². The summed E-state index contributed by atoms with van der Waals surface area (Å²) < 4.78 is 0. The summed E-state index contributed by atoms with van der Waals surface area (Å²) >= 11 is 3.42. The average Bonchev–Trinajstić information content (AvgIpc) is 1.98. The van der Waals surface area contributed by atoms with Gasteiger partial charge in [0, 0.05) is 5.33 Å². The van der Waals surface area contributed by atoms with E-state index in [1.165, 1.54) is 31.3 Å². The maximum Gasteiger partial charge on any atom is 0.0239 e. The minimum atomic E-state index is 1.03. The molecule has 0 aliphatic rings. The zero-order chi connectivity index (χ0) is 7.82. The summed E-state index contributed by atoms with van der Waals surface area (Å²) in [6.45, 7) is 4.40. The standard InChI is InChI=1S/C9H17Br/c1-3-4-5-6-7-9(2)8-10/h7H,3-6,8H2,1-2H3/b9-7+. The molecule has 1 heteroatoms. The van der Waals surface area contributed by atoms with Crippen molar-refractivity contribution < 1.29 is 0 Å². The predicted molar refractivity (Wildman–Crippen MR) is 51.7 cm³/mol. The molecule has 0 atom stereocenters. The first kappa shape index (κ1) is 10.2. The number of rotatable bonds is 5. The average molecular weight is 205 g/mol. The Balaban J connectivity index is 3.16. The van der Waals surface area contributed by atoms with E-state index in [1.807, 2.05) is 0 Å². The summed E-state index contributed by atoms with van der Waals surface area (Å²) in [5.41, 5.74) is 1.45. The van der Waals surface area contributed by atoms with E-state index < -0.39 is 0 Å². The second-order valence-corrected chi connectivity index (χ2v) is 3.24. The van der Waals surface area contributed by atoms with Crippen LogP contribution < -0.4 is 0 Å². The van der Waals surface area contributed by atoms with Gasteiger partial charge < -0.3 is 0 Å². The topological polar surface area (TPSA) is 0 Å². The fourth-order valence-corrected chi connectivity index (χ4v) is 1.03. The molecule has 0 amide bonds. The Morgan fingerprint density at radius 3 is 2.60 bits per heavy atom. The highest BCUT2D eigenvalue weighted by atomic mass is 79.9. The number of alkyl halides is 1. The van der Waals surface area contributed by atoms with Crippen molar-refractivity contribution in [2.75, 3.05) is 5.33 Å². The minimum Gasteiger partial charge on any atom is -0.0880 e. The summed E-state index contributed by atoms with van der Waals surface area (Å²) in [7, 11) is 0. The molecule has 0 radical (unpaired) electrons. The van der Waals surface area contributed by atoms with Crippen molar-refractivity contribution in [3.8, 4) is 0 Å². The van der Waals surface area contributed by atoms with Crippen LogP contribution in [0.3, 0.4) is 0 Å². The largest absolute Gasteiger partial charge is 0.0880 e. The molecule has 0 rings (SSSR count). The van der Waals surface area contributed by atoms with Crippen LogP contribution >= 0.6 is 15.9 Å². The molecule has 0 nitrogen and oxygen atoms in total. The van der Waals surface area contributed by atoms with Crippen LogP contribution in [-0.2, 0) is 0 Å². The number of halogens is 1. The smallest absolute Gasteiger partial charge is 0.0239 e. The Kier molecular flexibility index (Phi) is 7.49. The van der Waals surface area contributed by atoms with Gasteiger partial charge in [0.1, 0.15) is 0 Å². The monoisotopic (exact) mass is 204 g/mol. The first-order valence-electron chi connectivity index (χ1n) is 4.02. The summed E-state index contributed by atoms with van der Waals surface area (Å²) in [6, 6.07) is 0. The van der Waals surface area contributed by atoms with E-state index in [0.29, 0.717) is 0 Å². The molecule has 0 heterocycles. The second-order valence-electron chi connectivity index (χ2n) is 2.68. The number of hydrogen-bond acceptors (Lipinski definition) is 0. The fourth-order valence-electron chi connectivity index (χ4n) is 0.797. The Morgan fingerprint density at radius 1 is 1.40 bits per heavy atom. The molecule has 0 aliphatic heterocycles. The molecular weight excluding hydrogens is 188 g/mol. The molecular formula is C9H17Br. The molecule has 0 spiro atoms. The molecule has 0 fully saturated rings. The van der Waals surface area contributed by atoms with Crippen molar-refractivity contribution >= 4 is 15.9 Å². The van der Waals surface area contributed by atoms with Crippen molar-refractivity contribution in [2.45, 2.75) is 39.5 Å². The Hall–Kier alpha value is 0.220.